The lowest BCUT2D eigenvalue weighted by molar-refractivity contribution is -0.131. The maximum absolute atomic E-state index is 11.9. The van der Waals surface area contributed by atoms with Gasteiger partial charge < -0.3 is 15.3 Å². The van der Waals surface area contributed by atoms with Gasteiger partial charge in [0.1, 0.15) is 0 Å². The molecule has 2 N–H and O–H groups in total. The van der Waals surface area contributed by atoms with Crippen molar-refractivity contribution in [2.75, 3.05) is 26.2 Å². The van der Waals surface area contributed by atoms with Gasteiger partial charge in [0.05, 0.1) is 13.2 Å². The third-order valence-electron chi connectivity index (χ3n) is 3.05. The maximum Gasteiger partial charge on any atom is 0.236 e. The highest BCUT2D eigenvalue weighted by Crippen LogP contribution is 2.18. The lowest BCUT2D eigenvalue weighted by Gasteiger charge is -2.29. The summed E-state index contributed by atoms with van der Waals surface area (Å²) in [5.41, 5.74) is 2.59. The van der Waals surface area contributed by atoms with E-state index in [2.05, 4.69) is 17.4 Å². The molecule has 0 aliphatic carbocycles. The Hall–Kier alpha value is -1.39. The highest BCUT2D eigenvalue weighted by Gasteiger charge is 2.19. The average molecular weight is 234 g/mol. The predicted octanol–water partition coefficient (Wildman–Crippen LogP) is 0.153. The van der Waals surface area contributed by atoms with Crippen molar-refractivity contribution in [1.29, 1.82) is 0 Å². The summed E-state index contributed by atoms with van der Waals surface area (Å²) in [6.45, 7) is 2.33. The van der Waals surface area contributed by atoms with Gasteiger partial charge in [-0.2, -0.15) is 0 Å². The number of carbonyl (C=O) groups is 1. The third-order valence-corrected chi connectivity index (χ3v) is 3.05. The summed E-state index contributed by atoms with van der Waals surface area (Å²) in [7, 11) is 0. The average Bonchev–Trinajstić information content (AvgIpc) is 2.38. The predicted molar refractivity (Wildman–Crippen MR) is 65.5 cm³/mol. The first kappa shape index (κ1) is 12.1. The van der Waals surface area contributed by atoms with Crippen LogP contribution in [0.5, 0.6) is 0 Å². The Balaban J connectivity index is 1.91. The molecule has 1 aliphatic rings. The molecule has 0 saturated carbocycles. The maximum atomic E-state index is 11.9. The number of nitrogens with one attached hydrogen (secondary N) is 1. The molecule has 0 radical (unpaired) electrons. The van der Waals surface area contributed by atoms with Crippen molar-refractivity contribution >= 4 is 5.91 Å². The van der Waals surface area contributed by atoms with Crippen LogP contribution >= 0.6 is 0 Å². The second-order valence-corrected chi connectivity index (χ2v) is 4.23. The van der Waals surface area contributed by atoms with Gasteiger partial charge in [0.2, 0.25) is 5.91 Å². The van der Waals surface area contributed by atoms with E-state index < -0.39 is 0 Å². The standard InChI is InChI=1S/C13H18N2O2/c16-8-6-14-9-13(17)15-7-5-11-3-1-2-4-12(11)10-15/h1-4,14,16H,5-10H2. The molecule has 0 saturated heterocycles. The smallest absolute Gasteiger partial charge is 0.236 e. The molecule has 0 spiro atoms. The fourth-order valence-corrected chi connectivity index (χ4v) is 2.09. The van der Waals surface area contributed by atoms with Crippen molar-refractivity contribution in [3.8, 4) is 0 Å². The number of nitrogens with zero attached hydrogens (tertiary/aromatic N) is 1. The number of hydrogen-bond donors (Lipinski definition) is 2. The van der Waals surface area contributed by atoms with Gasteiger partial charge in [-0.25, -0.2) is 0 Å². The van der Waals surface area contributed by atoms with Crippen LogP contribution in [-0.4, -0.2) is 42.2 Å². The number of aliphatic hydroxyl groups excluding tert-OH is 1. The quantitative estimate of drug-likeness (QED) is 0.729. The van der Waals surface area contributed by atoms with Crippen LogP contribution in [0.1, 0.15) is 11.1 Å². The van der Waals surface area contributed by atoms with Crippen molar-refractivity contribution in [2.24, 2.45) is 0 Å². The molecule has 0 unspecified atom stereocenters. The fraction of sp³-hybridized carbons (Fsp3) is 0.462. The second kappa shape index (κ2) is 5.80. The Morgan fingerprint density at radius 3 is 2.88 bits per heavy atom. The second-order valence-electron chi connectivity index (χ2n) is 4.23. The van der Waals surface area contributed by atoms with Crippen molar-refractivity contribution < 1.29 is 9.90 Å². The molecule has 1 aliphatic heterocycles. The van der Waals surface area contributed by atoms with Gasteiger partial charge in [0, 0.05) is 19.6 Å². The van der Waals surface area contributed by atoms with E-state index >= 15 is 0 Å². The van der Waals surface area contributed by atoms with Crippen molar-refractivity contribution in [3.63, 3.8) is 0 Å². The van der Waals surface area contributed by atoms with E-state index in [0.717, 1.165) is 13.0 Å². The molecule has 1 heterocycles. The molecule has 4 heteroatoms. The Morgan fingerprint density at radius 2 is 2.12 bits per heavy atom. The molecule has 4 nitrogen and oxygen atoms in total. The van der Waals surface area contributed by atoms with Crippen LogP contribution in [0.15, 0.2) is 24.3 Å². The van der Waals surface area contributed by atoms with E-state index in [9.17, 15) is 4.79 Å². The molecule has 0 fully saturated rings. The Labute approximate surface area is 101 Å². The topological polar surface area (TPSA) is 52.6 Å². The molecule has 92 valence electrons. The third kappa shape index (κ3) is 3.05. The van der Waals surface area contributed by atoms with E-state index in [4.69, 9.17) is 5.11 Å². The summed E-state index contributed by atoms with van der Waals surface area (Å²) < 4.78 is 0. The first-order valence-corrected chi connectivity index (χ1v) is 5.97. The number of amides is 1. The summed E-state index contributed by atoms with van der Waals surface area (Å²) in [5, 5.41) is 11.5. The summed E-state index contributed by atoms with van der Waals surface area (Å²) in [5.74, 6) is 0.105. The minimum absolute atomic E-state index is 0.0656. The molecule has 0 atom stereocenters. The zero-order valence-corrected chi connectivity index (χ0v) is 9.85. The molecule has 17 heavy (non-hydrogen) atoms. The van der Waals surface area contributed by atoms with Crippen LogP contribution in [0.25, 0.3) is 0 Å². The molecule has 0 bridgehead atoms. The first-order chi connectivity index (χ1) is 8.31. The van der Waals surface area contributed by atoms with E-state index in [1.54, 1.807) is 0 Å². The largest absolute Gasteiger partial charge is 0.395 e. The van der Waals surface area contributed by atoms with Crippen molar-refractivity contribution in [1.82, 2.24) is 10.2 Å². The van der Waals surface area contributed by atoms with Crippen molar-refractivity contribution in [2.45, 2.75) is 13.0 Å². The number of carbonyl (C=O) groups excluding carboxylic acids is 1. The van der Waals surface area contributed by atoms with E-state index in [0.29, 0.717) is 19.6 Å². The molecule has 2 rings (SSSR count). The minimum atomic E-state index is 0.0656. The SMILES string of the molecule is O=C(CNCCO)N1CCc2ccccc2C1. The summed E-state index contributed by atoms with van der Waals surface area (Å²) in [4.78, 5) is 13.7. The van der Waals surface area contributed by atoms with Crippen LogP contribution in [0.3, 0.4) is 0 Å². The number of fused-ring (bicyclic) bond motifs is 1. The first-order valence-electron chi connectivity index (χ1n) is 5.97. The monoisotopic (exact) mass is 234 g/mol. The molecule has 1 aromatic carbocycles. The number of hydrogen-bond acceptors (Lipinski definition) is 3. The van der Waals surface area contributed by atoms with Crippen LogP contribution in [0.4, 0.5) is 0 Å². The molecular weight excluding hydrogens is 216 g/mol. The summed E-state index contributed by atoms with van der Waals surface area (Å²) >= 11 is 0. The van der Waals surface area contributed by atoms with Gasteiger partial charge in [-0.3, -0.25) is 4.79 Å². The minimum Gasteiger partial charge on any atom is -0.395 e. The zero-order chi connectivity index (χ0) is 12.1. The van der Waals surface area contributed by atoms with Gasteiger partial charge in [-0.05, 0) is 17.5 Å². The molecule has 1 amide bonds. The highest BCUT2D eigenvalue weighted by atomic mass is 16.3. The lowest BCUT2D eigenvalue weighted by atomic mass is 10.00. The van der Waals surface area contributed by atoms with E-state index in [1.807, 2.05) is 17.0 Å². The van der Waals surface area contributed by atoms with Gasteiger partial charge >= 0.3 is 0 Å². The van der Waals surface area contributed by atoms with E-state index in [1.165, 1.54) is 11.1 Å². The van der Waals surface area contributed by atoms with Gasteiger partial charge in [-0.15, -0.1) is 0 Å². The number of rotatable bonds is 4. The molecule has 1 aromatic rings. The molecule has 0 aromatic heterocycles. The highest BCUT2D eigenvalue weighted by molar-refractivity contribution is 5.78. The van der Waals surface area contributed by atoms with E-state index in [-0.39, 0.29) is 12.5 Å². The van der Waals surface area contributed by atoms with Crippen LogP contribution in [0, 0.1) is 0 Å². The van der Waals surface area contributed by atoms with Gasteiger partial charge in [0.25, 0.3) is 0 Å². The zero-order valence-electron chi connectivity index (χ0n) is 9.85. The van der Waals surface area contributed by atoms with Crippen LogP contribution in [0.2, 0.25) is 0 Å². The number of benzene rings is 1. The van der Waals surface area contributed by atoms with Crippen LogP contribution < -0.4 is 5.32 Å². The summed E-state index contributed by atoms with van der Waals surface area (Å²) in [6, 6.07) is 8.26. The fourth-order valence-electron chi connectivity index (χ4n) is 2.09. The number of aliphatic hydroxyl groups is 1. The van der Waals surface area contributed by atoms with Crippen LogP contribution in [-0.2, 0) is 17.8 Å². The van der Waals surface area contributed by atoms with Gasteiger partial charge in [0.15, 0.2) is 0 Å². The van der Waals surface area contributed by atoms with Gasteiger partial charge in [-0.1, -0.05) is 24.3 Å². The Morgan fingerprint density at radius 1 is 1.35 bits per heavy atom. The normalized spacial score (nSPS) is 14.5. The molecular formula is C13H18N2O2. The summed E-state index contributed by atoms with van der Waals surface area (Å²) in [6.07, 6.45) is 0.932. The lowest BCUT2D eigenvalue weighted by Crippen LogP contribution is -2.41. The Kier molecular flexibility index (Phi) is 4.12. The Bertz CT molecular complexity index is 393. The van der Waals surface area contributed by atoms with Crippen molar-refractivity contribution in [3.05, 3.63) is 35.4 Å².